The summed E-state index contributed by atoms with van der Waals surface area (Å²) in [5, 5.41) is 3.61. The van der Waals surface area contributed by atoms with Crippen LogP contribution in [0.15, 0.2) is 29.3 Å². The van der Waals surface area contributed by atoms with E-state index in [0.29, 0.717) is 0 Å². The van der Waals surface area contributed by atoms with E-state index in [1.807, 2.05) is 7.05 Å². The number of hydrogen-bond donors (Lipinski definition) is 1. The van der Waals surface area contributed by atoms with Gasteiger partial charge in [-0.2, -0.15) is 0 Å². The summed E-state index contributed by atoms with van der Waals surface area (Å²) in [6.07, 6.45) is 1.41. The Morgan fingerprint density at radius 1 is 1.27 bits per heavy atom. The molecule has 2 heterocycles. The maximum Gasteiger partial charge on any atom is 0.193 e. The minimum Gasteiger partial charge on any atom is -0.370 e. The number of nitrogens with zero attached hydrogens (tertiary/aromatic N) is 3. The van der Waals surface area contributed by atoms with E-state index in [2.05, 4.69) is 58.2 Å². The van der Waals surface area contributed by atoms with E-state index in [1.54, 1.807) is 0 Å². The molecule has 0 spiro atoms. The first-order valence-electron chi connectivity index (χ1n) is 9.56. The first-order valence-corrected chi connectivity index (χ1v) is 9.56. The number of ether oxygens (including phenoxy) is 1. The lowest BCUT2D eigenvalue weighted by Gasteiger charge is -2.36. The second-order valence-electron chi connectivity index (χ2n) is 7.14. The van der Waals surface area contributed by atoms with Crippen molar-refractivity contribution in [1.29, 1.82) is 0 Å². The summed E-state index contributed by atoms with van der Waals surface area (Å²) in [5.74, 6) is 1.74. The molecule has 146 valence electrons. The summed E-state index contributed by atoms with van der Waals surface area (Å²) < 4.78 is 6.05. The van der Waals surface area contributed by atoms with Gasteiger partial charge in [0.2, 0.25) is 0 Å². The molecule has 0 amide bonds. The van der Waals surface area contributed by atoms with Crippen LogP contribution in [0.5, 0.6) is 0 Å². The van der Waals surface area contributed by atoms with Gasteiger partial charge in [-0.05, 0) is 43.5 Å². The number of benzene rings is 1. The molecule has 1 aromatic carbocycles. The number of morpholine rings is 1. The van der Waals surface area contributed by atoms with Gasteiger partial charge in [0.1, 0.15) is 6.10 Å². The van der Waals surface area contributed by atoms with Crippen LogP contribution in [-0.4, -0.2) is 68.7 Å². The van der Waals surface area contributed by atoms with Gasteiger partial charge in [-0.25, -0.2) is 0 Å². The number of aliphatic imine (C=N–C) groups is 1. The standard InChI is InChI=1S/C20H32N4O.HI/c1-4-23-10-9-17(14-23)13-22-20(21-3)24-11-12-25-19(15-24)18-8-6-5-7-16(18)2;/h5-8,17,19H,4,9-15H2,1-3H3,(H,21,22);1H. The van der Waals surface area contributed by atoms with Crippen molar-refractivity contribution in [3.8, 4) is 0 Å². The van der Waals surface area contributed by atoms with E-state index in [9.17, 15) is 0 Å². The summed E-state index contributed by atoms with van der Waals surface area (Å²) in [4.78, 5) is 9.39. The van der Waals surface area contributed by atoms with E-state index in [-0.39, 0.29) is 30.1 Å². The van der Waals surface area contributed by atoms with Gasteiger partial charge in [0.05, 0.1) is 13.2 Å². The molecule has 2 aliphatic rings. The molecule has 26 heavy (non-hydrogen) atoms. The molecular formula is C20H33IN4O. The van der Waals surface area contributed by atoms with Crippen molar-refractivity contribution in [1.82, 2.24) is 15.1 Å². The van der Waals surface area contributed by atoms with Crippen molar-refractivity contribution in [2.75, 3.05) is 52.9 Å². The zero-order valence-corrected chi connectivity index (χ0v) is 18.6. The van der Waals surface area contributed by atoms with E-state index in [4.69, 9.17) is 4.74 Å². The third-order valence-corrected chi connectivity index (χ3v) is 5.48. The summed E-state index contributed by atoms with van der Waals surface area (Å²) in [6.45, 7) is 11.5. The molecule has 2 fully saturated rings. The van der Waals surface area contributed by atoms with Crippen molar-refractivity contribution in [2.45, 2.75) is 26.4 Å². The zero-order valence-electron chi connectivity index (χ0n) is 16.3. The first-order chi connectivity index (χ1) is 12.2. The van der Waals surface area contributed by atoms with Crippen LogP contribution in [0.2, 0.25) is 0 Å². The predicted molar refractivity (Wildman–Crippen MR) is 118 cm³/mol. The number of halogens is 1. The van der Waals surface area contributed by atoms with E-state index in [1.165, 1.54) is 30.6 Å². The van der Waals surface area contributed by atoms with Crippen molar-refractivity contribution in [3.05, 3.63) is 35.4 Å². The minimum absolute atomic E-state index is 0. The summed E-state index contributed by atoms with van der Waals surface area (Å²) in [6, 6.07) is 8.51. The molecular weight excluding hydrogens is 439 g/mol. The number of aryl methyl sites for hydroxylation is 1. The van der Waals surface area contributed by atoms with Gasteiger partial charge in [0.15, 0.2) is 5.96 Å². The third-order valence-electron chi connectivity index (χ3n) is 5.48. The number of likely N-dealkylation sites (tertiary alicyclic amines) is 1. The lowest BCUT2D eigenvalue weighted by Crippen LogP contribution is -2.49. The van der Waals surface area contributed by atoms with Crippen LogP contribution in [-0.2, 0) is 4.74 Å². The highest BCUT2D eigenvalue weighted by molar-refractivity contribution is 14.0. The molecule has 0 aliphatic carbocycles. The maximum atomic E-state index is 6.05. The predicted octanol–water partition coefficient (Wildman–Crippen LogP) is 2.90. The molecule has 1 aromatic rings. The van der Waals surface area contributed by atoms with Gasteiger partial charge in [-0.1, -0.05) is 31.2 Å². The quantitative estimate of drug-likeness (QED) is 0.416. The average Bonchev–Trinajstić information content (AvgIpc) is 3.11. The molecule has 2 atom stereocenters. The fraction of sp³-hybridized carbons (Fsp3) is 0.650. The Morgan fingerprint density at radius 2 is 2.08 bits per heavy atom. The average molecular weight is 472 g/mol. The first kappa shape index (κ1) is 21.4. The SMILES string of the molecule is CCN1CCC(CNC(=NC)N2CCOC(c3ccccc3C)C2)C1.I. The highest BCUT2D eigenvalue weighted by atomic mass is 127. The molecule has 0 aromatic heterocycles. The molecule has 5 nitrogen and oxygen atoms in total. The lowest BCUT2D eigenvalue weighted by atomic mass is 10.0. The van der Waals surface area contributed by atoms with E-state index < -0.39 is 0 Å². The second-order valence-corrected chi connectivity index (χ2v) is 7.14. The van der Waals surface area contributed by atoms with Gasteiger partial charge in [-0.3, -0.25) is 4.99 Å². The molecule has 0 radical (unpaired) electrons. The highest BCUT2D eigenvalue weighted by Gasteiger charge is 2.26. The second kappa shape index (κ2) is 10.5. The Labute approximate surface area is 175 Å². The van der Waals surface area contributed by atoms with Crippen LogP contribution in [0, 0.1) is 12.8 Å². The molecule has 2 saturated heterocycles. The topological polar surface area (TPSA) is 40.1 Å². The van der Waals surface area contributed by atoms with Gasteiger partial charge in [0.25, 0.3) is 0 Å². The third kappa shape index (κ3) is 5.33. The Morgan fingerprint density at radius 3 is 2.77 bits per heavy atom. The molecule has 1 N–H and O–H groups in total. The van der Waals surface area contributed by atoms with Crippen LogP contribution in [0.4, 0.5) is 0 Å². The molecule has 0 bridgehead atoms. The summed E-state index contributed by atoms with van der Waals surface area (Å²) >= 11 is 0. The van der Waals surface area contributed by atoms with Gasteiger partial charge in [0, 0.05) is 26.7 Å². The van der Waals surface area contributed by atoms with Gasteiger partial charge < -0.3 is 19.9 Å². The Bertz CT molecular complexity index is 595. The molecule has 2 unspecified atom stereocenters. The number of nitrogens with one attached hydrogen (secondary N) is 1. The Hall–Kier alpha value is -0.860. The summed E-state index contributed by atoms with van der Waals surface area (Å²) in [7, 11) is 1.88. The Balaban J connectivity index is 0.00000243. The van der Waals surface area contributed by atoms with Crippen LogP contribution in [0.25, 0.3) is 0 Å². The maximum absolute atomic E-state index is 6.05. The molecule has 3 rings (SSSR count). The van der Waals surface area contributed by atoms with Crippen molar-refractivity contribution in [3.63, 3.8) is 0 Å². The van der Waals surface area contributed by atoms with E-state index in [0.717, 1.165) is 44.7 Å². The molecule has 0 saturated carbocycles. The smallest absolute Gasteiger partial charge is 0.193 e. The number of rotatable bonds is 4. The fourth-order valence-corrected chi connectivity index (χ4v) is 3.91. The van der Waals surface area contributed by atoms with Crippen LogP contribution >= 0.6 is 24.0 Å². The lowest BCUT2D eigenvalue weighted by molar-refractivity contribution is -0.00836. The molecule has 2 aliphatic heterocycles. The Kier molecular flexibility index (Phi) is 8.63. The fourth-order valence-electron chi connectivity index (χ4n) is 3.91. The van der Waals surface area contributed by atoms with Crippen molar-refractivity contribution >= 4 is 29.9 Å². The van der Waals surface area contributed by atoms with Crippen LogP contribution < -0.4 is 5.32 Å². The largest absolute Gasteiger partial charge is 0.370 e. The number of guanidine groups is 1. The minimum atomic E-state index is 0. The van der Waals surface area contributed by atoms with Gasteiger partial charge in [-0.15, -0.1) is 24.0 Å². The van der Waals surface area contributed by atoms with Gasteiger partial charge >= 0.3 is 0 Å². The monoisotopic (exact) mass is 472 g/mol. The summed E-state index contributed by atoms with van der Waals surface area (Å²) in [5.41, 5.74) is 2.58. The van der Waals surface area contributed by atoms with Crippen LogP contribution in [0.1, 0.15) is 30.6 Å². The normalized spacial score (nSPS) is 24.4. The van der Waals surface area contributed by atoms with Crippen molar-refractivity contribution in [2.24, 2.45) is 10.9 Å². The van der Waals surface area contributed by atoms with E-state index >= 15 is 0 Å². The zero-order chi connectivity index (χ0) is 17.6. The van der Waals surface area contributed by atoms with Crippen LogP contribution in [0.3, 0.4) is 0 Å². The van der Waals surface area contributed by atoms with Crippen molar-refractivity contribution < 1.29 is 4.74 Å². The highest BCUT2D eigenvalue weighted by Crippen LogP contribution is 2.25. The molecule has 6 heteroatoms. The number of hydrogen-bond acceptors (Lipinski definition) is 3.